The van der Waals surface area contributed by atoms with E-state index in [4.69, 9.17) is 4.74 Å². The van der Waals surface area contributed by atoms with Crippen LogP contribution in [-0.4, -0.2) is 47.4 Å². The molecular weight excluding hydrogens is 719 g/mol. The zero-order valence-electron chi connectivity index (χ0n) is 38.8. The van der Waals surface area contributed by atoms with E-state index in [-0.39, 0.29) is 18.5 Å². The van der Waals surface area contributed by atoms with E-state index in [2.05, 4.69) is 43.5 Å². The Kier molecular flexibility index (Phi) is 46.6. The van der Waals surface area contributed by atoms with Gasteiger partial charge in [-0.3, -0.25) is 9.59 Å². The molecule has 6 heteroatoms. The summed E-state index contributed by atoms with van der Waals surface area (Å²) in [5.74, 6) is -0.0634. The third-order valence-corrected chi connectivity index (χ3v) is 11.8. The molecule has 0 aromatic carbocycles. The Bertz CT molecular complexity index is 904. The number of aliphatic hydroxyl groups is 2. The molecule has 0 aliphatic rings. The van der Waals surface area contributed by atoms with Gasteiger partial charge in [-0.1, -0.05) is 224 Å². The first kappa shape index (κ1) is 56.3. The highest BCUT2D eigenvalue weighted by molar-refractivity contribution is 5.76. The second-order valence-corrected chi connectivity index (χ2v) is 17.5. The van der Waals surface area contributed by atoms with Gasteiger partial charge >= 0.3 is 5.97 Å². The molecule has 0 aliphatic heterocycles. The second-order valence-electron chi connectivity index (χ2n) is 17.5. The molecule has 0 spiro atoms. The van der Waals surface area contributed by atoms with Crippen molar-refractivity contribution in [2.45, 2.75) is 283 Å². The highest BCUT2D eigenvalue weighted by Crippen LogP contribution is 2.16. The summed E-state index contributed by atoms with van der Waals surface area (Å²) in [4.78, 5) is 24.4. The summed E-state index contributed by atoms with van der Waals surface area (Å²) >= 11 is 0. The summed E-state index contributed by atoms with van der Waals surface area (Å²) in [6, 6.07) is -0.549. The van der Waals surface area contributed by atoms with Crippen LogP contribution in [0.5, 0.6) is 0 Å². The maximum Gasteiger partial charge on any atom is 0.305 e. The van der Waals surface area contributed by atoms with Crippen LogP contribution in [0.3, 0.4) is 0 Å². The predicted molar refractivity (Wildman–Crippen MR) is 250 cm³/mol. The topological polar surface area (TPSA) is 95.9 Å². The van der Waals surface area contributed by atoms with Gasteiger partial charge in [-0.15, -0.1) is 0 Å². The van der Waals surface area contributed by atoms with Crippen molar-refractivity contribution >= 4 is 11.9 Å². The lowest BCUT2D eigenvalue weighted by Gasteiger charge is -2.22. The van der Waals surface area contributed by atoms with Crippen LogP contribution in [0, 0.1) is 0 Å². The van der Waals surface area contributed by atoms with Gasteiger partial charge < -0.3 is 20.3 Å². The Morgan fingerprint density at radius 2 is 0.862 bits per heavy atom. The summed E-state index contributed by atoms with van der Waals surface area (Å²) in [5, 5.41) is 23.1. The fraction of sp³-hybridized carbons (Fsp3) is 0.885. The van der Waals surface area contributed by atoms with Crippen molar-refractivity contribution in [2.24, 2.45) is 0 Å². The van der Waals surface area contributed by atoms with Crippen LogP contribution in [0.25, 0.3) is 0 Å². The highest BCUT2D eigenvalue weighted by Gasteiger charge is 2.20. The smallest absolute Gasteiger partial charge is 0.305 e. The number of ether oxygens (including phenoxy) is 1. The first-order chi connectivity index (χ1) is 28.5. The van der Waals surface area contributed by atoms with Crippen molar-refractivity contribution in [3.8, 4) is 0 Å². The molecule has 58 heavy (non-hydrogen) atoms. The zero-order valence-corrected chi connectivity index (χ0v) is 38.8. The lowest BCUT2D eigenvalue weighted by atomic mass is 10.0. The molecule has 0 radical (unpaired) electrons. The van der Waals surface area contributed by atoms with E-state index in [0.717, 1.165) is 57.8 Å². The zero-order chi connectivity index (χ0) is 42.3. The molecule has 0 aliphatic carbocycles. The number of nitrogens with one attached hydrogen (secondary N) is 1. The third-order valence-electron chi connectivity index (χ3n) is 11.8. The first-order valence-corrected chi connectivity index (χ1v) is 25.6. The number of rotatable bonds is 47. The number of hydrogen-bond donors (Lipinski definition) is 3. The van der Waals surface area contributed by atoms with E-state index in [0.29, 0.717) is 25.9 Å². The number of esters is 1. The Balaban J connectivity index is 3.43. The fourth-order valence-corrected chi connectivity index (χ4v) is 7.79. The maximum absolute atomic E-state index is 12.4. The summed E-state index contributed by atoms with van der Waals surface area (Å²) in [7, 11) is 0. The van der Waals surface area contributed by atoms with Gasteiger partial charge in [0.15, 0.2) is 0 Å². The second kappa shape index (κ2) is 48.0. The number of hydrogen-bond acceptors (Lipinski definition) is 5. The lowest BCUT2D eigenvalue weighted by molar-refractivity contribution is -0.143. The fourth-order valence-electron chi connectivity index (χ4n) is 7.79. The van der Waals surface area contributed by atoms with Gasteiger partial charge in [0.05, 0.1) is 25.4 Å². The average molecular weight is 818 g/mol. The van der Waals surface area contributed by atoms with Gasteiger partial charge in [0, 0.05) is 12.8 Å². The minimum absolute atomic E-state index is 0.0132. The Hall–Kier alpha value is -1.66. The minimum atomic E-state index is -0.671. The SMILES string of the molecule is CCCCCC/C=C\C/C=C\CCCCCCCCCC(=O)OCCCCCCCCCCCCCCCC(=O)NC(CO)C(O)CCCCCCCCCCCC. The van der Waals surface area contributed by atoms with E-state index in [1.807, 2.05) is 0 Å². The number of unbranched alkanes of at least 4 members (excludes halogenated alkanes) is 32. The van der Waals surface area contributed by atoms with Crippen LogP contribution < -0.4 is 5.32 Å². The van der Waals surface area contributed by atoms with E-state index >= 15 is 0 Å². The molecule has 1 amide bonds. The number of carbonyl (C=O) groups is 2. The monoisotopic (exact) mass is 818 g/mol. The molecule has 0 heterocycles. The van der Waals surface area contributed by atoms with E-state index in [9.17, 15) is 19.8 Å². The molecule has 2 atom stereocenters. The summed E-state index contributed by atoms with van der Waals surface area (Å²) < 4.78 is 5.47. The molecule has 0 rings (SSSR count). The first-order valence-electron chi connectivity index (χ1n) is 25.6. The molecule has 0 bridgehead atoms. The maximum atomic E-state index is 12.4. The van der Waals surface area contributed by atoms with Crippen molar-refractivity contribution in [2.75, 3.05) is 13.2 Å². The quantitative estimate of drug-likeness (QED) is 0.0323. The lowest BCUT2D eigenvalue weighted by Crippen LogP contribution is -2.45. The molecular formula is C52H99NO5. The van der Waals surface area contributed by atoms with Crippen LogP contribution in [0.15, 0.2) is 24.3 Å². The average Bonchev–Trinajstić information content (AvgIpc) is 3.22. The molecule has 0 aromatic rings. The van der Waals surface area contributed by atoms with Crippen molar-refractivity contribution in [3.05, 3.63) is 24.3 Å². The molecule has 342 valence electrons. The predicted octanol–water partition coefficient (Wildman–Crippen LogP) is 15.1. The number of allylic oxidation sites excluding steroid dienone is 4. The highest BCUT2D eigenvalue weighted by atomic mass is 16.5. The summed E-state index contributed by atoms with van der Waals surface area (Å²) in [6.45, 7) is 4.89. The third kappa shape index (κ3) is 43.9. The summed E-state index contributed by atoms with van der Waals surface area (Å²) in [6.07, 6.45) is 55.7. The normalized spacial score (nSPS) is 12.8. The van der Waals surface area contributed by atoms with Crippen LogP contribution in [0.1, 0.15) is 271 Å². The standard InChI is InChI=1S/C52H99NO5/c1-3-5-7-9-11-13-15-16-17-18-19-20-23-26-30-34-38-42-46-52(57)58-47-43-39-35-31-27-24-21-22-25-29-33-37-41-45-51(56)53-49(48-54)50(55)44-40-36-32-28-14-12-10-8-6-4-2/h13,15,17-18,49-50,54-55H,3-12,14,16,19-48H2,1-2H3,(H,53,56)/b15-13-,18-17-. The van der Waals surface area contributed by atoms with Gasteiger partial charge in [-0.2, -0.15) is 0 Å². The van der Waals surface area contributed by atoms with Crippen molar-refractivity contribution in [3.63, 3.8) is 0 Å². The van der Waals surface area contributed by atoms with Crippen molar-refractivity contribution in [1.29, 1.82) is 0 Å². The Morgan fingerprint density at radius 3 is 1.33 bits per heavy atom. The largest absolute Gasteiger partial charge is 0.466 e. The van der Waals surface area contributed by atoms with Crippen LogP contribution in [-0.2, 0) is 14.3 Å². The van der Waals surface area contributed by atoms with Crippen molar-refractivity contribution in [1.82, 2.24) is 5.32 Å². The van der Waals surface area contributed by atoms with Crippen LogP contribution in [0.4, 0.5) is 0 Å². The number of aliphatic hydroxyl groups excluding tert-OH is 2. The minimum Gasteiger partial charge on any atom is -0.466 e. The van der Waals surface area contributed by atoms with E-state index in [1.54, 1.807) is 0 Å². The van der Waals surface area contributed by atoms with Crippen LogP contribution >= 0.6 is 0 Å². The molecule has 0 saturated carbocycles. The Labute approximate surface area is 361 Å². The van der Waals surface area contributed by atoms with Crippen molar-refractivity contribution < 1.29 is 24.5 Å². The number of amides is 1. The molecule has 0 fully saturated rings. The van der Waals surface area contributed by atoms with Gasteiger partial charge in [0.25, 0.3) is 0 Å². The summed E-state index contributed by atoms with van der Waals surface area (Å²) in [5.41, 5.74) is 0. The molecule has 2 unspecified atom stereocenters. The number of carbonyl (C=O) groups excluding carboxylic acids is 2. The van der Waals surface area contributed by atoms with Gasteiger partial charge in [0.1, 0.15) is 0 Å². The molecule has 0 aromatic heterocycles. The Morgan fingerprint density at radius 1 is 0.483 bits per heavy atom. The van der Waals surface area contributed by atoms with E-state index in [1.165, 1.54) is 180 Å². The van der Waals surface area contributed by atoms with E-state index < -0.39 is 12.1 Å². The van der Waals surface area contributed by atoms with Gasteiger partial charge in [0.2, 0.25) is 5.91 Å². The molecule has 3 N–H and O–H groups in total. The molecule has 6 nitrogen and oxygen atoms in total. The van der Waals surface area contributed by atoms with Gasteiger partial charge in [-0.05, 0) is 57.8 Å². The molecule has 0 saturated heterocycles. The van der Waals surface area contributed by atoms with Gasteiger partial charge in [-0.25, -0.2) is 0 Å². The van der Waals surface area contributed by atoms with Crippen LogP contribution in [0.2, 0.25) is 0 Å².